The van der Waals surface area contributed by atoms with Crippen LogP contribution in [0.4, 0.5) is 20.3 Å². The molecule has 0 radical (unpaired) electrons. The molecular weight excluding hydrogens is 374 g/mol. The molecule has 0 unspecified atom stereocenters. The molecule has 5 nitrogen and oxygen atoms in total. The molecule has 0 saturated heterocycles. The molecular formula is C22H20F2N4O. The number of fused-ring (bicyclic) bond motifs is 1. The molecule has 1 aromatic carbocycles. The van der Waals surface area contributed by atoms with Gasteiger partial charge in [0.2, 0.25) is 5.95 Å². The van der Waals surface area contributed by atoms with E-state index in [1.165, 1.54) is 30.3 Å². The van der Waals surface area contributed by atoms with Crippen molar-refractivity contribution >= 4 is 17.4 Å². The average molecular weight is 394 g/mol. The van der Waals surface area contributed by atoms with E-state index in [0.717, 1.165) is 36.5 Å². The molecule has 1 atom stereocenters. The van der Waals surface area contributed by atoms with Gasteiger partial charge in [0.25, 0.3) is 5.91 Å². The zero-order chi connectivity index (χ0) is 20.4. The van der Waals surface area contributed by atoms with Crippen LogP contribution in [0.5, 0.6) is 0 Å². The fourth-order valence-corrected chi connectivity index (χ4v) is 3.45. The molecule has 1 N–H and O–H groups in total. The smallest absolute Gasteiger partial charge is 0.251 e. The molecule has 0 saturated carbocycles. The van der Waals surface area contributed by atoms with Crippen LogP contribution >= 0.6 is 0 Å². The van der Waals surface area contributed by atoms with Crippen molar-refractivity contribution in [1.82, 2.24) is 15.3 Å². The van der Waals surface area contributed by atoms with Gasteiger partial charge in [-0.2, -0.15) is 4.39 Å². The lowest BCUT2D eigenvalue weighted by atomic mass is 10.1. The Bertz CT molecular complexity index is 1040. The van der Waals surface area contributed by atoms with Crippen molar-refractivity contribution in [3.05, 3.63) is 83.3 Å². The maximum Gasteiger partial charge on any atom is 0.251 e. The van der Waals surface area contributed by atoms with Crippen molar-refractivity contribution in [3.63, 3.8) is 0 Å². The number of carbonyl (C=O) groups excluding carboxylic acids is 1. The van der Waals surface area contributed by atoms with Crippen LogP contribution < -0.4 is 10.2 Å². The first kappa shape index (κ1) is 19.0. The highest BCUT2D eigenvalue weighted by Gasteiger charge is 2.22. The van der Waals surface area contributed by atoms with Crippen LogP contribution in [0.25, 0.3) is 0 Å². The highest BCUT2D eigenvalue weighted by Crippen LogP contribution is 2.32. The molecule has 0 spiro atoms. The summed E-state index contributed by atoms with van der Waals surface area (Å²) in [6.45, 7) is 2.59. The minimum atomic E-state index is -0.517. The van der Waals surface area contributed by atoms with Gasteiger partial charge >= 0.3 is 0 Å². The summed E-state index contributed by atoms with van der Waals surface area (Å²) in [5.41, 5.74) is 2.91. The Morgan fingerprint density at radius 2 is 1.86 bits per heavy atom. The number of amides is 1. The molecule has 4 rings (SSSR count). The largest absolute Gasteiger partial charge is 0.344 e. The molecule has 1 aliphatic heterocycles. The molecule has 148 valence electrons. The van der Waals surface area contributed by atoms with E-state index >= 15 is 0 Å². The number of hydrogen-bond acceptors (Lipinski definition) is 4. The standard InChI is InChI=1S/C22H20F2N4O/c1-14(25-22(29)15-7-9-16(23)10-8-15)17-11-12-19-18(26-17)4-3-13-28(19)21-6-2-5-20(24)27-21/h2,5-12,14H,3-4,13H2,1H3,(H,25,29)/t14-/m0/s1. The van der Waals surface area contributed by atoms with Crippen molar-refractivity contribution in [2.45, 2.75) is 25.8 Å². The SMILES string of the molecule is C[C@H](NC(=O)c1ccc(F)cc1)c1ccc2c(n1)CCCN2c1cccc(F)n1. The number of benzene rings is 1. The van der Waals surface area contributed by atoms with Crippen LogP contribution in [0.15, 0.2) is 54.6 Å². The fraction of sp³-hybridized carbons (Fsp3) is 0.227. The average Bonchev–Trinajstić information content (AvgIpc) is 2.73. The lowest BCUT2D eigenvalue weighted by Gasteiger charge is -2.30. The first-order chi connectivity index (χ1) is 14.0. The third-order valence-electron chi connectivity index (χ3n) is 4.93. The van der Waals surface area contributed by atoms with E-state index in [9.17, 15) is 13.6 Å². The lowest BCUT2D eigenvalue weighted by Crippen LogP contribution is -2.29. The summed E-state index contributed by atoms with van der Waals surface area (Å²) in [7, 11) is 0. The van der Waals surface area contributed by atoms with E-state index in [0.29, 0.717) is 11.4 Å². The Morgan fingerprint density at radius 3 is 2.62 bits per heavy atom. The summed E-state index contributed by atoms with van der Waals surface area (Å²) in [5.74, 6) is -0.639. The number of rotatable bonds is 4. The Kier molecular flexibility index (Phi) is 5.20. The maximum absolute atomic E-state index is 13.5. The molecule has 7 heteroatoms. The predicted octanol–water partition coefficient (Wildman–Crippen LogP) is 4.33. The van der Waals surface area contributed by atoms with E-state index in [2.05, 4.69) is 10.3 Å². The van der Waals surface area contributed by atoms with Gasteiger partial charge in [0.1, 0.15) is 11.6 Å². The molecule has 1 amide bonds. The molecule has 0 bridgehead atoms. The first-order valence-corrected chi connectivity index (χ1v) is 9.47. The van der Waals surface area contributed by atoms with E-state index in [1.54, 1.807) is 12.1 Å². The molecule has 0 aliphatic carbocycles. The zero-order valence-electron chi connectivity index (χ0n) is 15.9. The second kappa shape index (κ2) is 7.95. The third kappa shape index (κ3) is 4.08. The van der Waals surface area contributed by atoms with Gasteiger partial charge in [0, 0.05) is 12.1 Å². The molecule has 0 fully saturated rings. The predicted molar refractivity (Wildman–Crippen MR) is 106 cm³/mol. The highest BCUT2D eigenvalue weighted by atomic mass is 19.1. The van der Waals surface area contributed by atoms with Crippen LogP contribution in [-0.2, 0) is 6.42 Å². The molecule has 3 heterocycles. The first-order valence-electron chi connectivity index (χ1n) is 9.47. The Balaban J connectivity index is 1.54. The molecule has 1 aliphatic rings. The topological polar surface area (TPSA) is 58.1 Å². The van der Waals surface area contributed by atoms with Crippen molar-refractivity contribution in [1.29, 1.82) is 0 Å². The number of nitrogens with zero attached hydrogens (tertiary/aromatic N) is 3. The summed E-state index contributed by atoms with van der Waals surface area (Å²) in [6, 6.07) is 13.6. The minimum absolute atomic E-state index is 0.289. The van der Waals surface area contributed by atoms with Crippen LogP contribution in [0.3, 0.4) is 0 Å². The molecule has 3 aromatic rings. The Hall–Kier alpha value is -3.35. The van der Waals surface area contributed by atoms with Gasteiger partial charge in [-0.3, -0.25) is 9.78 Å². The summed E-state index contributed by atoms with van der Waals surface area (Å²) in [6.07, 6.45) is 1.67. The van der Waals surface area contributed by atoms with Gasteiger partial charge in [-0.1, -0.05) is 6.07 Å². The summed E-state index contributed by atoms with van der Waals surface area (Å²) in [4.78, 5) is 23.1. The van der Waals surface area contributed by atoms with E-state index in [1.807, 2.05) is 24.0 Å². The number of nitrogens with one attached hydrogen (secondary N) is 1. The van der Waals surface area contributed by atoms with E-state index in [4.69, 9.17) is 4.98 Å². The summed E-state index contributed by atoms with van der Waals surface area (Å²) >= 11 is 0. The maximum atomic E-state index is 13.5. The third-order valence-corrected chi connectivity index (χ3v) is 4.93. The number of aryl methyl sites for hydroxylation is 1. The van der Waals surface area contributed by atoms with Gasteiger partial charge in [0.15, 0.2) is 0 Å². The number of hydrogen-bond donors (Lipinski definition) is 1. The van der Waals surface area contributed by atoms with Gasteiger partial charge in [-0.25, -0.2) is 9.37 Å². The second-order valence-corrected chi connectivity index (χ2v) is 6.98. The summed E-state index contributed by atoms with van der Waals surface area (Å²) in [5, 5.41) is 2.89. The second-order valence-electron chi connectivity index (χ2n) is 6.98. The van der Waals surface area contributed by atoms with Crippen LogP contribution in [0.2, 0.25) is 0 Å². The van der Waals surface area contributed by atoms with Gasteiger partial charge in [-0.05, 0) is 68.3 Å². The van der Waals surface area contributed by atoms with E-state index in [-0.39, 0.29) is 17.8 Å². The Morgan fingerprint density at radius 1 is 1.07 bits per heavy atom. The highest BCUT2D eigenvalue weighted by molar-refractivity contribution is 5.94. The molecule has 29 heavy (non-hydrogen) atoms. The Labute approximate surface area is 167 Å². The number of aromatic nitrogens is 2. The zero-order valence-corrected chi connectivity index (χ0v) is 15.9. The van der Waals surface area contributed by atoms with E-state index < -0.39 is 5.95 Å². The summed E-state index contributed by atoms with van der Waals surface area (Å²) < 4.78 is 26.6. The number of anilines is 2. The number of pyridine rings is 2. The van der Waals surface area contributed by atoms with Gasteiger partial charge in [0.05, 0.1) is 23.1 Å². The normalized spacial score (nSPS) is 14.2. The van der Waals surface area contributed by atoms with Crippen molar-refractivity contribution < 1.29 is 13.6 Å². The monoisotopic (exact) mass is 394 g/mol. The minimum Gasteiger partial charge on any atom is -0.344 e. The number of halogens is 2. The van der Waals surface area contributed by atoms with Crippen LogP contribution in [-0.4, -0.2) is 22.4 Å². The van der Waals surface area contributed by atoms with Crippen LogP contribution in [0.1, 0.15) is 41.1 Å². The lowest BCUT2D eigenvalue weighted by molar-refractivity contribution is 0.0939. The number of carbonyl (C=O) groups is 1. The van der Waals surface area contributed by atoms with Crippen molar-refractivity contribution in [2.24, 2.45) is 0 Å². The molecule has 2 aromatic heterocycles. The quantitative estimate of drug-likeness (QED) is 0.669. The van der Waals surface area contributed by atoms with Crippen molar-refractivity contribution in [3.8, 4) is 0 Å². The van der Waals surface area contributed by atoms with Crippen LogP contribution in [0, 0.1) is 11.8 Å². The van der Waals surface area contributed by atoms with Gasteiger partial charge in [-0.15, -0.1) is 0 Å². The van der Waals surface area contributed by atoms with Gasteiger partial charge < -0.3 is 10.2 Å². The van der Waals surface area contributed by atoms with Crippen molar-refractivity contribution in [2.75, 3.05) is 11.4 Å². The fourth-order valence-electron chi connectivity index (χ4n) is 3.45.